The number of halogens is 1. The third kappa shape index (κ3) is 4.40. The third-order valence-electron chi connectivity index (χ3n) is 3.10. The van der Waals surface area contributed by atoms with Gasteiger partial charge in [-0.3, -0.25) is 0 Å². The van der Waals surface area contributed by atoms with E-state index in [9.17, 15) is 23.1 Å². The van der Waals surface area contributed by atoms with E-state index < -0.39 is 33.3 Å². The number of aromatic carboxylic acids is 1. The van der Waals surface area contributed by atoms with Crippen LogP contribution in [0.4, 0.5) is 10.5 Å². The molecule has 8 nitrogen and oxygen atoms in total. The monoisotopic (exact) mass is 384 g/mol. The summed E-state index contributed by atoms with van der Waals surface area (Å²) in [4.78, 5) is 22.7. The Hall–Kier alpha value is -2.78. The molecule has 2 aromatic carbocycles. The molecule has 0 aromatic heterocycles. The van der Waals surface area contributed by atoms with Crippen molar-refractivity contribution in [1.29, 1.82) is 0 Å². The predicted octanol–water partition coefficient (Wildman–Crippen LogP) is 2.56. The first kappa shape index (κ1) is 18.6. The summed E-state index contributed by atoms with van der Waals surface area (Å²) in [6.45, 7) is 1.79. The van der Waals surface area contributed by atoms with E-state index in [-0.39, 0.29) is 15.6 Å². The van der Waals surface area contributed by atoms with E-state index in [0.717, 1.165) is 17.7 Å². The van der Waals surface area contributed by atoms with Gasteiger partial charge < -0.3 is 15.5 Å². The summed E-state index contributed by atoms with van der Waals surface area (Å²) in [5.41, 5.74) is 0.246. The molecule has 0 fully saturated rings. The number of hydrogen-bond acceptors (Lipinski definition) is 5. The molecule has 4 N–H and O–H groups in total. The van der Waals surface area contributed by atoms with E-state index >= 15 is 0 Å². The van der Waals surface area contributed by atoms with Gasteiger partial charge in [-0.05, 0) is 25.1 Å². The molecule has 10 heteroatoms. The van der Waals surface area contributed by atoms with Gasteiger partial charge >= 0.3 is 12.0 Å². The number of benzene rings is 2. The van der Waals surface area contributed by atoms with Gasteiger partial charge in [0.05, 0.1) is 9.92 Å². The molecule has 0 saturated heterocycles. The van der Waals surface area contributed by atoms with Crippen molar-refractivity contribution in [3.05, 3.63) is 52.5 Å². The van der Waals surface area contributed by atoms with Gasteiger partial charge in [0.2, 0.25) is 0 Å². The molecule has 0 spiro atoms. The van der Waals surface area contributed by atoms with Crippen molar-refractivity contribution >= 4 is 39.3 Å². The normalized spacial score (nSPS) is 11.0. The maximum Gasteiger partial charge on any atom is 0.341 e. The van der Waals surface area contributed by atoms with Gasteiger partial charge in [0, 0.05) is 11.8 Å². The van der Waals surface area contributed by atoms with E-state index in [2.05, 4.69) is 5.32 Å². The van der Waals surface area contributed by atoms with Crippen LogP contribution in [0, 0.1) is 6.92 Å². The molecule has 0 aliphatic rings. The second-order valence-corrected chi connectivity index (χ2v) is 7.12. The quantitative estimate of drug-likeness (QED) is 0.640. The average Bonchev–Trinajstić information content (AvgIpc) is 2.45. The van der Waals surface area contributed by atoms with E-state index in [1.54, 1.807) is 23.8 Å². The van der Waals surface area contributed by atoms with Gasteiger partial charge in [-0.1, -0.05) is 29.3 Å². The topological polar surface area (TPSA) is 133 Å². The molecule has 0 atom stereocenters. The van der Waals surface area contributed by atoms with Crippen LogP contribution in [0.25, 0.3) is 0 Å². The van der Waals surface area contributed by atoms with E-state index in [1.807, 2.05) is 0 Å². The second kappa shape index (κ2) is 6.99. The molecule has 0 radical (unpaired) electrons. The third-order valence-corrected chi connectivity index (χ3v) is 4.74. The van der Waals surface area contributed by atoms with Crippen molar-refractivity contribution in [1.82, 2.24) is 4.72 Å². The Labute approximate surface area is 148 Å². The van der Waals surface area contributed by atoms with E-state index in [0.29, 0.717) is 0 Å². The number of carbonyl (C=O) groups excluding carboxylic acids is 1. The number of anilines is 1. The molecule has 0 unspecified atom stereocenters. The van der Waals surface area contributed by atoms with Gasteiger partial charge in [-0.15, -0.1) is 0 Å². The summed E-state index contributed by atoms with van der Waals surface area (Å²) in [6, 6.07) is 6.75. The van der Waals surface area contributed by atoms with Crippen molar-refractivity contribution in [2.45, 2.75) is 11.8 Å². The SMILES string of the molecule is Cc1ccc(S(=O)(=O)NC(=O)Nc2cc(O)c(C(=O)O)c(Cl)c2)cc1. The largest absolute Gasteiger partial charge is 0.507 e. The zero-order valence-electron chi connectivity index (χ0n) is 12.8. The Balaban J connectivity index is 2.17. The van der Waals surface area contributed by atoms with Gasteiger partial charge in [-0.25, -0.2) is 22.7 Å². The van der Waals surface area contributed by atoms with Crippen LogP contribution in [-0.2, 0) is 10.0 Å². The van der Waals surface area contributed by atoms with E-state index in [1.165, 1.54) is 12.1 Å². The standard InChI is InChI=1S/C15H13ClN2O6S/c1-8-2-4-10(5-3-8)25(23,24)18-15(22)17-9-6-11(16)13(14(20)21)12(19)7-9/h2-7,19H,1H3,(H,20,21)(H2,17,18,22). The number of carboxylic acid groups (broad SMARTS) is 1. The van der Waals surface area contributed by atoms with Crippen molar-refractivity contribution in [2.24, 2.45) is 0 Å². The number of nitrogens with one attached hydrogen (secondary N) is 2. The highest BCUT2D eigenvalue weighted by Crippen LogP contribution is 2.30. The molecular weight excluding hydrogens is 372 g/mol. The van der Waals surface area contributed by atoms with Gasteiger partial charge in [-0.2, -0.15) is 0 Å². The molecule has 2 amide bonds. The first-order valence-electron chi connectivity index (χ1n) is 6.76. The number of urea groups is 1. The summed E-state index contributed by atoms with van der Waals surface area (Å²) in [6.07, 6.45) is 0. The Kier molecular flexibility index (Phi) is 5.19. The van der Waals surface area contributed by atoms with Crippen LogP contribution in [0.3, 0.4) is 0 Å². The summed E-state index contributed by atoms with van der Waals surface area (Å²) >= 11 is 5.73. The molecule has 2 aromatic rings. The lowest BCUT2D eigenvalue weighted by Crippen LogP contribution is -2.34. The van der Waals surface area contributed by atoms with E-state index in [4.69, 9.17) is 16.7 Å². The minimum absolute atomic E-state index is 0.0795. The molecule has 132 valence electrons. The predicted molar refractivity (Wildman–Crippen MR) is 90.6 cm³/mol. The number of sulfonamides is 1. The highest BCUT2D eigenvalue weighted by molar-refractivity contribution is 7.90. The molecule has 0 aliphatic carbocycles. The lowest BCUT2D eigenvalue weighted by Gasteiger charge is -2.10. The Morgan fingerprint density at radius 3 is 2.24 bits per heavy atom. The fraction of sp³-hybridized carbons (Fsp3) is 0.0667. The Morgan fingerprint density at radius 1 is 1.12 bits per heavy atom. The summed E-state index contributed by atoms with van der Waals surface area (Å²) in [5.74, 6) is -2.11. The molecule has 2 rings (SSSR count). The van der Waals surface area contributed by atoms with Crippen LogP contribution < -0.4 is 10.0 Å². The number of carboxylic acids is 1. The van der Waals surface area contributed by atoms with Gasteiger partial charge in [0.15, 0.2) is 0 Å². The highest BCUT2D eigenvalue weighted by atomic mass is 35.5. The minimum Gasteiger partial charge on any atom is -0.507 e. The molecule has 0 bridgehead atoms. The summed E-state index contributed by atoms with van der Waals surface area (Å²) in [5, 5.41) is 20.4. The van der Waals surface area contributed by atoms with Crippen molar-refractivity contribution in [3.8, 4) is 5.75 Å². The van der Waals surface area contributed by atoms with Crippen LogP contribution in [0.1, 0.15) is 15.9 Å². The van der Waals surface area contributed by atoms with Crippen LogP contribution in [0.2, 0.25) is 5.02 Å². The Bertz CT molecular complexity index is 918. The summed E-state index contributed by atoms with van der Waals surface area (Å²) in [7, 11) is -4.09. The fourth-order valence-electron chi connectivity index (χ4n) is 1.93. The first-order chi connectivity index (χ1) is 11.6. The zero-order chi connectivity index (χ0) is 18.8. The number of aryl methyl sites for hydroxylation is 1. The fourth-order valence-corrected chi connectivity index (χ4v) is 3.13. The molecule has 0 heterocycles. The average molecular weight is 385 g/mol. The van der Waals surface area contributed by atoms with Crippen LogP contribution in [0.15, 0.2) is 41.3 Å². The van der Waals surface area contributed by atoms with Crippen molar-refractivity contribution in [3.63, 3.8) is 0 Å². The first-order valence-corrected chi connectivity index (χ1v) is 8.62. The molecular formula is C15H13ClN2O6S. The second-order valence-electron chi connectivity index (χ2n) is 5.03. The highest BCUT2D eigenvalue weighted by Gasteiger charge is 2.20. The summed E-state index contributed by atoms with van der Waals surface area (Å²) < 4.78 is 26.0. The number of amides is 2. The maximum absolute atomic E-state index is 12.1. The smallest absolute Gasteiger partial charge is 0.341 e. The molecule has 25 heavy (non-hydrogen) atoms. The van der Waals surface area contributed by atoms with Crippen LogP contribution in [0.5, 0.6) is 5.75 Å². The molecule has 0 aliphatic heterocycles. The lowest BCUT2D eigenvalue weighted by molar-refractivity contribution is 0.0694. The van der Waals surface area contributed by atoms with Crippen LogP contribution >= 0.6 is 11.6 Å². The van der Waals surface area contributed by atoms with Crippen molar-refractivity contribution in [2.75, 3.05) is 5.32 Å². The minimum atomic E-state index is -4.09. The number of aromatic hydroxyl groups is 1. The van der Waals surface area contributed by atoms with Gasteiger partial charge in [0.1, 0.15) is 11.3 Å². The van der Waals surface area contributed by atoms with Crippen molar-refractivity contribution < 1.29 is 28.2 Å². The van der Waals surface area contributed by atoms with Gasteiger partial charge in [0.25, 0.3) is 10.0 Å². The lowest BCUT2D eigenvalue weighted by atomic mass is 10.2. The zero-order valence-corrected chi connectivity index (χ0v) is 14.4. The maximum atomic E-state index is 12.1. The molecule has 0 saturated carbocycles. The number of rotatable bonds is 4. The number of carbonyl (C=O) groups is 2. The van der Waals surface area contributed by atoms with Crippen LogP contribution in [-0.4, -0.2) is 30.6 Å². The number of hydrogen-bond donors (Lipinski definition) is 4. The Morgan fingerprint density at radius 2 is 1.72 bits per heavy atom. The number of phenols is 1.